The lowest BCUT2D eigenvalue weighted by Gasteiger charge is -2.26. The highest BCUT2D eigenvalue weighted by Crippen LogP contribution is 2.35. The molecule has 7 heteroatoms. The van der Waals surface area contributed by atoms with Gasteiger partial charge in [-0.15, -0.1) is 0 Å². The van der Waals surface area contributed by atoms with Crippen LogP contribution in [0.1, 0.15) is 42.9 Å². The van der Waals surface area contributed by atoms with Crippen molar-refractivity contribution in [2.75, 3.05) is 39.4 Å². The third kappa shape index (κ3) is 5.10. The normalized spacial score (nSPS) is 17.9. The van der Waals surface area contributed by atoms with Crippen molar-refractivity contribution in [3.63, 3.8) is 0 Å². The number of aryl methyl sites for hydroxylation is 2. The predicted molar refractivity (Wildman–Crippen MR) is 119 cm³/mol. The first-order valence-corrected chi connectivity index (χ1v) is 11.4. The van der Waals surface area contributed by atoms with E-state index in [9.17, 15) is 9.59 Å². The molecule has 2 aliphatic rings. The van der Waals surface area contributed by atoms with Crippen molar-refractivity contribution in [3.8, 4) is 5.75 Å². The minimum absolute atomic E-state index is 0.136. The number of fused-ring (bicyclic) bond motifs is 3. The number of carbonyl (C=O) groups excluding carboxylic acids is 1. The van der Waals surface area contributed by atoms with Gasteiger partial charge in [-0.3, -0.25) is 9.69 Å². The average Bonchev–Trinajstić information content (AvgIpc) is 2.77. The van der Waals surface area contributed by atoms with Crippen molar-refractivity contribution in [3.05, 3.63) is 39.2 Å². The van der Waals surface area contributed by atoms with E-state index in [1.165, 1.54) is 0 Å². The first-order chi connectivity index (χ1) is 15.0. The van der Waals surface area contributed by atoms with Crippen LogP contribution in [0.4, 0.5) is 0 Å². The van der Waals surface area contributed by atoms with E-state index in [1.807, 2.05) is 19.1 Å². The molecule has 31 heavy (non-hydrogen) atoms. The Hall–Kier alpha value is -2.38. The van der Waals surface area contributed by atoms with Crippen molar-refractivity contribution >= 4 is 16.9 Å². The third-order valence-electron chi connectivity index (χ3n) is 6.16. The van der Waals surface area contributed by atoms with Crippen LogP contribution >= 0.6 is 0 Å². The summed E-state index contributed by atoms with van der Waals surface area (Å²) in [5.41, 5.74) is 3.00. The maximum Gasteiger partial charge on any atom is 0.339 e. The second-order valence-corrected chi connectivity index (χ2v) is 8.55. The highest BCUT2D eigenvalue weighted by Gasteiger charge is 2.23. The largest absolute Gasteiger partial charge is 0.480 e. The lowest BCUT2D eigenvalue weighted by Crippen LogP contribution is -2.40. The van der Waals surface area contributed by atoms with Gasteiger partial charge in [0.25, 0.3) is 5.91 Å². The Morgan fingerprint density at radius 1 is 1.19 bits per heavy atom. The summed E-state index contributed by atoms with van der Waals surface area (Å²) in [6, 6.07) is 3.80. The maximum absolute atomic E-state index is 12.6. The summed E-state index contributed by atoms with van der Waals surface area (Å²) in [7, 11) is 0. The smallest absolute Gasteiger partial charge is 0.339 e. The number of nitrogens with zero attached hydrogens (tertiary/aromatic N) is 1. The first kappa shape index (κ1) is 21.8. The number of rotatable bonds is 7. The van der Waals surface area contributed by atoms with Gasteiger partial charge in [0, 0.05) is 25.2 Å². The molecule has 1 aromatic carbocycles. The molecule has 1 N–H and O–H groups in total. The fourth-order valence-electron chi connectivity index (χ4n) is 4.49. The second kappa shape index (κ2) is 9.83. The van der Waals surface area contributed by atoms with Gasteiger partial charge in [0.2, 0.25) is 0 Å². The van der Waals surface area contributed by atoms with Crippen molar-refractivity contribution in [1.29, 1.82) is 0 Å². The van der Waals surface area contributed by atoms with Crippen LogP contribution in [0, 0.1) is 6.92 Å². The van der Waals surface area contributed by atoms with E-state index in [4.69, 9.17) is 13.9 Å². The minimum atomic E-state index is -0.639. The van der Waals surface area contributed by atoms with E-state index in [0.717, 1.165) is 87.0 Å². The van der Waals surface area contributed by atoms with Crippen LogP contribution in [0.25, 0.3) is 11.0 Å². The first-order valence-electron chi connectivity index (χ1n) is 11.4. The van der Waals surface area contributed by atoms with E-state index >= 15 is 0 Å². The monoisotopic (exact) mass is 428 g/mol. The van der Waals surface area contributed by atoms with Crippen molar-refractivity contribution in [2.45, 2.75) is 52.1 Å². The zero-order valence-corrected chi connectivity index (χ0v) is 18.5. The van der Waals surface area contributed by atoms with Gasteiger partial charge >= 0.3 is 5.63 Å². The molecule has 1 aliphatic heterocycles. The Bertz CT molecular complexity index is 994. The number of hydrogen-bond acceptors (Lipinski definition) is 6. The van der Waals surface area contributed by atoms with E-state index in [1.54, 1.807) is 6.92 Å². The SMILES string of the molecule is Cc1cc(O[C@H](C)C(=O)NCCCN2CCOCC2)c2c3c(c(=O)oc2c1)CCCC3. The Morgan fingerprint density at radius 2 is 1.94 bits per heavy atom. The molecular weight excluding hydrogens is 396 g/mol. The summed E-state index contributed by atoms with van der Waals surface area (Å²) >= 11 is 0. The average molecular weight is 429 g/mol. The molecule has 1 saturated heterocycles. The molecule has 0 saturated carbocycles. The molecule has 1 fully saturated rings. The summed E-state index contributed by atoms with van der Waals surface area (Å²) < 4.78 is 17.1. The van der Waals surface area contributed by atoms with Gasteiger partial charge < -0.3 is 19.2 Å². The maximum atomic E-state index is 12.6. The van der Waals surface area contributed by atoms with E-state index in [2.05, 4.69) is 10.2 Å². The number of carbonyl (C=O) groups is 1. The van der Waals surface area contributed by atoms with Crippen LogP contribution in [-0.4, -0.2) is 56.3 Å². The summed E-state index contributed by atoms with van der Waals surface area (Å²) in [5, 5.41) is 3.82. The topological polar surface area (TPSA) is 81.0 Å². The third-order valence-corrected chi connectivity index (χ3v) is 6.16. The molecule has 1 atom stereocenters. The number of amides is 1. The van der Waals surface area contributed by atoms with Crippen LogP contribution in [-0.2, 0) is 22.4 Å². The molecule has 0 spiro atoms. The molecule has 4 rings (SSSR count). The van der Waals surface area contributed by atoms with Gasteiger partial charge in [0.05, 0.1) is 18.6 Å². The predicted octanol–water partition coefficient (Wildman–Crippen LogP) is 2.59. The van der Waals surface area contributed by atoms with Crippen LogP contribution in [0.15, 0.2) is 21.3 Å². The number of morpholine rings is 1. The molecule has 1 aliphatic carbocycles. The van der Waals surface area contributed by atoms with Gasteiger partial charge in [-0.1, -0.05) is 0 Å². The molecule has 0 radical (unpaired) electrons. The lowest BCUT2D eigenvalue weighted by molar-refractivity contribution is -0.127. The number of hydrogen-bond donors (Lipinski definition) is 1. The van der Waals surface area contributed by atoms with E-state index in [0.29, 0.717) is 17.9 Å². The quantitative estimate of drug-likeness (QED) is 0.539. The fraction of sp³-hybridized carbons (Fsp3) is 0.583. The Balaban J connectivity index is 1.43. The Morgan fingerprint density at radius 3 is 2.71 bits per heavy atom. The highest BCUT2D eigenvalue weighted by atomic mass is 16.5. The number of ether oxygens (including phenoxy) is 2. The van der Waals surface area contributed by atoms with E-state index in [-0.39, 0.29) is 11.5 Å². The Kier molecular flexibility index (Phi) is 6.92. The van der Waals surface area contributed by atoms with Gasteiger partial charge in [0.15, 0.2) is 6.10 Å². The van der Waals surface area contributed by atoms with Crippen molar-refractivity contribution in [2.24, 2.45) is 0 Å². The molecule has 2 aromatic rings. The van der Waals surface area contributed by atoms with Crippen LogP contribution in [0.3, 0.4) is 0 Å². The molecule has 1 amide bonds. The van der Waals surface area contributed by atoms with Gasteiger partial charge in [-0.05, 0) is 75.8 Å². The standard InChI is InChI=1S/C24H32N2O5/c1-16-14-20(22-18-6-3-4-7-19(18)24(28)31-21(22)15-16)30-17(2)23(27)25-8-5-9-26-10-12-29-13-11-26/h14-15,17H,3-13H2,1-2H3,(H,25,27)/t17-/m1/s1. The Labute approximate surface area is 182 Å². The summed E-state index contributed by atoms with van der Waals surface area (Å²) in [6.45, 7) is 8.73. The minimum Gasteiger partial charge on any atom is -0.480 e. The van der Waals surface area contributed by atoms with E-state index < -0.39 is 6.10 Å². The lowest BCUT2D eigenvalue weighted by atomic mass is 9.90. The zero-order chi connectivity index (χ0) is 21.8. The summed E-state index contributed by atoms with van der Waals surface area (Å²) in [5.74, 6) is 0.482. The number of benzene rings is 1. The second-order valence-electron chi connectivity index (χ2n) is 8.55. The van der Waals surface area contributed by atoms with Crippen LogP contribution in [0.2, 0.25) is 0 Å². The zero-order valence-electron chi connectivity index (χ0n) is 18.5. The molecule has 0 unspecified atom stereocenters. The molecule has 2 heterocycles. The molecule has 168 valence electrons. The molecule has 7 nitrogen and oxygen atoms in total. The van der Waals surface area contributed by atoms with Gasteiger partial charge in [-0.25, -0.2) is 4.79 Å². The molecular formula is C24H32N2O5. The fourth-order valence-corrected chi connectivity index (χ4v) is 4.49. The summed E-state index contributed by atoms with van der Waals surface area (Å²) in [6.07, 6.45) is 3.86. The number of nitrogens with one attached hydrogen (secondary N) is 1. The summed E-state index contributed by atoms with van der Waals surface area (Å²) in [4.78, 5) is 27.4. The van der Waals surface area contributed by atoms with Gasteiger partial charge in [-0.2, -0.15) is 0 Å². The van der Waals surface area contributed by atoms with Crippen LogP contribution < -0.4 is 15.7 Å². The van der Waals surface area contributed by atoms with Crippen LogP contribution in [0.5, 0.6) is 5.75 Å². The van der Waals surface area contributed by atoms with Gasteiger partial charge in [0.1, 0.15) is 11.3 Å². The van der Waals surface area contributed by atoms with Crippen molar-refractivity contribution in [1.82, 2.24) is 10.2 Å². The van der Waals surface area contributed by atoms with Crippen molar-refractivity contribution < 1.29 is 18.7 Å². The molecule has 0 bridgehead atoms. The molecule has 1 aromatic heterocycles. The highest BCUT2D eigenvalue weighted by molar-refractivity contribution is 5.89.